The van der Waals surface area contributed by atoms with Gasteiger partial charge in [0.25, 0.3) is 5.91 Å². The fourth-order valence-corrected chi connectivity index (χ4v) is 4.09. The third-order valence-corrected chi connectivity index (χ3v) is 6.02. The molecule has 1 aliphatic heterocycles. The molecule has 0 aliphatic carbocycles. The van der Waals surface area contributed by atoms with Crippen molar-refractivity contribution in [3.8, 4) is 0 Å². The number of nitrogens with zero attached hydrogens (tertiary/aromatic N) is 1. The van der Waals surface area contributed by atoms with Gasteiger partial charge in [0.2, 0.25) is 5.91 Å². The molecule has 3 aromatic carbocycles. The average Bonchev–Trinajstić information content (AvgIpc) is 2.99. The fraction of sp³-hybridized carbons (Fsp3) is 0.185. The molecule has 4 rings (SSSR count). The van der Waals surface area contributed by atoms with E-state index in [9.17, 15) is 19.5 Å². The minimum Gasteiger partial charge on any atom is -0.481 e. The largest absolute Gasteiger partial charge is 0.481 e. The van der Waals surface area contributed by atoms with Gasteiger partial charge < -0.3 is 26.4 Å². The van der Waals surface area contributed by atoms with Crippen molar-refractivity contribution in [1.82, 2.24) is 4.90 Å². The Morgan fingerprint density at radius 1 is 1.06 bits per heavy atom. The lowest BCUT2D eigenvalue weighted by Gasteiger charge is -2.24. The normalized spacial score (nSPS) is 14.8. The number of nitrogens with two attached hydrogens (primary N) is 1. The number of carbonyl (C=O) groups excluding carboxylic acids is 2. The molecule has 0 radical (unpaired) electrons. The lowest BCUT2D eigenvalue weighted by atomic mass is 10.1. The Labute approximate surface area is 208 Å². The van der Waals surface area contributed by atoms with Crippen LogP contribution in [0, 0.1) is 5.41 Å². The van der Waals surface area contributed by atoms with Gasteiger partial charge in [-0.2, -0.15) is 0 Å². The van der Waals surface area contributed by atoms with Gasteiger partial charge in [-0.3, -0.25) is 19.8 Å². The number of rotatable bonds is 8. The molecule has 0 saturated carbocycles. The number of carboxylic acid groups (broad SMARTS) is 1. The maximum absolute atomic E-state index is 13.2. The minimum absolute atomic E-state index is 0.0621. The summed E-state index contributed by atoms with van der Waals surface area (Å²) in [4.78, 5) is 39.2. The van der Waals surface area contributed by atoms with Crippen LogP contribution in [0.4, 0.5) is 11.4 Å². The van der Waals surface area contributed by atoms with Crippen LogP contribution in [-0.4, -0.2) is 46.2 Å². The number of anilines is 2. The van der Waals surface area contributed by atoms with Gasteiger partial charge in [-0.1, -0.05) is 36.4 Å². The van der Waals surface area contributed by atoms with Crippen LogP contribution in [0.2, 0.25) is 0 Å². The van der Waals surface area contributed by atoms with E-state index < -0.39 is 12.0 Å². The van der Waals surface area contributed by atoms with E-state index in [4.69, 9.17) is 11.1 Å². The van der Waals surface area contributed by atoms with Crippen molar-refractivity contribution < 1.29 is 19.5 Å². The van der Waals surface area contributed by atoms with E-state index >= 15 is 0 Å². The molecule has 0 aromatic heterocycles. The van der Waals surface area contributed by atoms with Crippen molar-refractivity contribution in [2.75, 3.05) is 17.2 Å². The summed E-state index contributed by atoms with van der Waals surface area (Å²) in [5, 5.41) is 22.7. The fourth-order valence-electron chi connectivity index (χ4n) is 4.09. The number of hydrogen-bond acceptors (Lipinski definition) is 5. The third kappa shape index (κ3) is 5.87. The Bertz CT molecular complexity index is 1290. The highest BCUT2D eigenvalue weighted by atomic mass is 16.4. The van der Waals surface area contributed by atoms with E-state index in [2.05, 4.69) is 10.6 Å². The van der Waals surface area contributed by atoms with Gasteiger partial charge in [0.15, 0.2) is 0 Å². The van der Waals surface area contributed by atoms with E-state index in [1.54, 1.807) is 47.4 Å². The summed E-state index contributed by atoms with van der Waals surface area (Å²) in [7, 11) is 0. The van der Waals surface area contributed by atoms with E-state index in [1.165, 1.54) is 0 Å². The monoisotopic (exact) mass is 485 g/mol. The van der Waals surface area contributed by atoms with E-state index in [1.807, 2.05) is 30.3 Å². The second-order valence-electron chi connectivity index (χ2n) is 8.61. The van der Waals surface area contributed by atoms with Crippen LogP contribution >= 0.6 is 0 Å². The SMILES string of the molecule is N=C(N)c1ccc(NC(=O)c2ccc3c(c2)N[C@H](CC(=O)O)C(=O)N(CCc2ccccc2)C3)cc1. The van der Waals surface area contributed by atoms with Crippen molar-refractivity contribution >= 4 is 35.0 Å². The van der Waals surface area contributed by atoms with Gasteiger partial charge in [-0.15, -0.1) is 0 Å². The zero-order chi connectivity index (χ0) is 25.7. The third-order valence-electron chi connectivity index (χ3n) is 6.02. The zero-order valence-corrected chi connectivity index (χ0v) is 19.5. The lowest BCUT2D eigenvalue weighted by Crippen LogP contribution is -2.42. The number of amides is 2. The number of carbonyl (C=O) groups is 3. The molecule has 0 saturated heterocycles. The van der Waals surface area contributed by atoms with Crippen LogP contribution in [-0.2, 0) is 22.6 Å². The first-order valence-corrected chi connectivity index (χ1v) is 11.5. The number of amidine groups is 1. The van der Waals surface area contributed by atoms with Crippen molar-refractivity contribution in [3.05, 3.63) is 95.1 Å². The molecular weight excluding hydrogens is 458 g/mol. The van der Waals surface area contributed by atoms with Crippen molar-refractivity contribution in [3.63, 3.8) is 0 Å². The van der Waals surface area contributed by atoms with E-state index in [-0.39, 0.29) is 24.1 Å². The van der Waals surface area contributed by atoms with Crippen LogP contribution in [0.5, 0.6) is 0 Å². The van der Waals surface area contributed by atoms with Crippen molar-refractivity contribution in [2.45, 2.75) is 25.4 Å². The maximum atomic E-state index is 13.2. The molecule has 0 unspecified atom stereocenters. The second-order valence-corrected chi connectivity index (χ2v) is 8.61. The first-order valence-electron chi connectivity index (χ1n) is 11.5. The smallest absolute Gasteiger partial charge is 0.305 e. The first kappa shape index (κ1) is 24.5. The Kier molecular flexibility index (Phi) is 7.29. The summed E-state index contributed by atoms with van der Waals surface area (Å²) in [6.45, 7) is 0.747. The number of carboxylic acids is 1. The Morgan fingerprint density at radius 2 is 1.75 bits per heavy atom. The number of benzene rings is 3. The van der Waals surface area contributed by atoms with E-state index in [0.717, 1.165) is 11.1 Å². The number of aliphatic carboxylic acids is 1. The van der Waals surface area contributed by atoms with Gasteiger partial charge in [-0.25, -0.2) is 0 Å². The van der Waals surface area contributed by atoms with Crippen LogP contribution in [0.3, 0.4) is 0 Å². The van der Waals surface area contributed by atoms with Crippen molar-refractivity contribution in [2.24, 2.45) is 5.73 Å². The molecule has 6 N–H and O–H groups in total. The molecule has 0 bridgehead atoms. The number of nitrogens with one attached hydrogen (secondary N) is 3. The maximum Gasteiger partial charge on any atom is 0.305 e. The molecule has 0 spiro atoms. The van der Waals surface area contributed by atoms with Gasteiger partial charge >= 0.3 is 5.97 Å². The molecule has 0 fully saturated rings. The molecule has 184 valence electrons. The second kappa shape index (κ2) is 10.7. The number of nitrogen functional groups attached to an aromatic ring is 1. The van der Waals surface area contributed by atoms with Crippen LogP contribution in [0.15, 0.2) is 72.8 Å². The van der Waals surface area contributed by atoms with Crippen molar-refractivity contribution in [1.29, 1.82) is 5.41 Å². The topological polar surface area (TPSA) is 149 Å². The summed E-state index contributed by atoms with van der Waals surface area (Å²) in [6, 6.07) is 20.5. The Morgan fingerprint density at radius 3 is 2.42 bits per heavy atom. The Balaban J connectivity index is 1.54. The highest BCUT2D eigenvalue weighted by Crippen LogP contribution is 2.26. The van der Waals surface area contributed by atoms with Gasteiger partial charge in [0, 0.05) is 35.6 Å². The standard InChI is InChI=1S/C27H27N5O4/c28-25(29)18-8-10-21(11-9-18)30-26(35)19-6-7-20-16-32(13-12-17-4-2-1-3-5-17)27(36)23(15-24(33)34)31-22(20)14-19/h1-11,14,23,31H,12-13,15-16H2,(H3,28,29)(H,30,35)(H,33,34)/t23-/m1/s1. The van der Waals surface area contributed by atoms with Crippen LogP contribution < -0.4 is 16.4 Å². The predicted octanol–water partition coefficient (Wildman–Crippen LogP) is 3.06. The quantitative estimate of drug-likeness (QED) is 0.245. The summed E-state index contributed by atoms with van der Waals surface area (Å²) in [5.41, 5.74) is 9.35. The van der Waals surface area contributed by atoms with Crippen LogP contribution in [0.25, 0.3) is 0 Å². The van der Waals surface area contributed by atoms with Gasteiger partial charge in [0.1, 0.15) is 11.9 Å². The number of hydrogen-bond donors (Lipinski definition) is 5. The highest BCUT2D eigenvalue weighted by Gasteiger charge is 2.31. The summed E-state index contributed by atoms with van der Waals surface area (Å²) in [6.07, 6.45) is 0.268. The summed E-state index contributed by atoms with van der Waals surface area (Å²) >= 11 is 0. The highest BCUT2D eigenvalue weighted by molar-refractivity contribution is 6.05. The van der Waals surface area contributed by atoms with E-state index in [0.29, 0.717) is 42.0 Å². The molecule has 9 nitrogen and oxygen atoms in total. The summed E-state index contributed by atoms with van der Waals surface area (Å²) < 4.78 is 0. The molecule has 1 heterocycles. The first-order chi connectivity index (χ1) is 17.3. The van der Waals surface area contributed by atoms with Gasteiger partial charge in [-0.05, 0) is 53.9 Å². The Hall–Kier alpha value is -4.66. The molecule has 3 aromatic rings. The minimum atomic E-state index is -1.09. The predicted molar refractivity (Wildman–Crippen MR) is 137 cm³/mol. The molecular formula is C27H27N5O4. The molecule has 2 amide bonds. The summed E-state index contributed by atoms with van der Waals surface area (Å²) in [5.74, 6) is -1.80. The zero-order valence-electron chi connectivity index (χ0n) is 19.5. The lowest BCUT2D eigenvalue weighted by molar-refractivity contribution is -0.141. The van der Waals surface area contributed by atoms with Crippen LogP contribution in [0.1, 0.15) is 33.5 Å². The molecule has 9 heteroatoms. The number of fused-ring (bicyclic) bond motifs is 1. The molecule has 1 aliphatic rings. The molecule has 36 heavy (non-hydrogen) atoms. The van der Waals surface area contributed by atoms with Gasteiger partial charge in [0.05, 0.1) is 6.42 Å². The molecule has 1 atom stereocenters. The average molecular weight is 486 g/mol.